The van der Waals surface area contributed by atoms with Crippen molar-refractivity contribution in [3.63, 3.8) is 0 Å². The summed E-state index contributed by atoms with van der Waals surface area (Å²) < 4.78 is 5.07. The predicted octanol–water partition coefficient (Wildman–Crippen LogP) is 0.714. The average Bonchev–Trinajstić information content (AvgIpc) is 2.17. The molecule has 1 saturated heterocycles. The molecule has 0 aromatic carbocycles. The normalized spacial score (nSPS) is 49.3. The minimum absolute atomic E-state index is 0.532. The van der Waals surface area contributed by atoms with Crippen LogP contribution in [-0.4, -0.2) is 12.2 Å². The van der Waals surface area contributed by atoms with Crippen LogP contribution >= 0.6 is 0 Å². The standard InChI is InChI=1S/C5H6O/c1-2-4-5(3-1)6-4/h1-2,4-5H,3H2/t4-,5?/m0/s1. The van der Waals surface area contributed by atoms with E-state index in [1.165, 1.54) is 0 Å². The Morgan fingerprint density at radius 3 is 2.83 bits per heavy atom. The van der Waals surface area contributed by atoms with Crippen molar-refractivity contribution in [2.24, 2.45) is 0 Å². The molecule has 0 aromatic heterocycles. The van der Waals surface area contributed by atoms with Crippen molar-refractivity contribution in [2.75, 3.05) is 0 Å². The number of epoxide rings is 1. The van der Waals surface area contributed by atoms with Crippen molar-refractivity contribution >= 4 is 0 Å². The summed E-state index contributed by atoms with van der Waals surface area (Å²) in [5, 5.41) is 0. The maximum absolute atomic E-state index is 5.07. The summed E-state index contributed by atoms with van der Waals surface area (Å²) in [6.45, 7) is 0. The zero-order chi connectivity index (χ0) is 3.98. The average molecular weight is 82.1 g/mol. The molecule has 1 unspecified atom stereocenters. The van der Waals surface area contributed by atoms with Crippen molar-refractivity contribution in [1.29, 1.82) is 0 Å². The SMILES string of the molecule is C1=C[C@@H]2OC2C1. The molecule has 1 nitrogen and oxygen atoms in total. The number of hydrogen-bond acceptors (Lipinski definition) is 1. The highest BCUT2D eigenvalue weighted by atomic mass is 16.6. The second-order valence-corrected chi connectivity index (χ2v) is 1.80. The van der Waals surface area contributed by atoms with Gasteiger partial charge in [0, 0.05) is 0 Å². The molecule has 6 heavy (non-hydrogen) atoms. The number of ether oxygens (including phenoxy) is 1. The molecule has 0 N–H and O–H groups in total. The highest BCUT2D eigenvalue weighted by molar-refractivity contribution is 5.12. The van der Waals surface area contributed by atoms with Gasteiger partial charge in [0.05, 0.1) is 6.10 Å². The van der Waals surface area contributed by atoms with Gasteiger partial charge in [0.15, 0.2) is 0 Å². The molecule has 1 heterocycles. The van der Waals surface area contributed by atoms with Crippen molar-refractivity contribution in [3.05, 3.63) is 12.2 Å². The van der Waals surface area contributed by atoms with Crippen LogP contribution in [0.25, 0.3) is 0 Å². The van der Waals surface area contributed by atoms with E-state index in [0.717, 1.165) is 6.42 Å². The number of fused-ring (bicyclic) bond motifs is 1. The fourth-order valence-electron chi connectivity index (χ4n) is 0.862. The third kappa shape index (κ3) is 0.197. The van der Waals surface area contributed by atoms with Gasteiger partial charge in [0.1, 0.15) is 6.10 Å². The van der Waals surface area contributed by atoms with Gasteiger partial charge in [-0.15, -0.1) is 0 Å². The van der Waals surface area contributed by atoms with E-state index in [0.29, 0.717) is 12.2 Å². The highest BCUT2D eigenvalue weighted by Gasteiger charge is 2.38. The van der Waals surface area contributed by atoms with Gasteiger partial charge in [0.25, 0.3) is 0 Å². The third-order valence-corrected chi connectivity index (χ3v) is 1.32. The molecule has 1 fully saturated rings. The Bertz CT molecular complexity index is 96.1. The van der Waals surface area contributed by atoms with Gasteiger partial charge in [-0.05, 0) is 6.42 Å². The lowest BCUT2D eigenvalue weighted by molar-refractivity contribution is 0.382. The summed E-state index contributed by atoms with van der Waals surface area (Å²) >= 11 is 0. The molecule has 2 aliphatic rings. The summed E-state index contributed by atoms with van der Waals surface area (Å²) in [4.78, 5) is 0. The van der Waals surface area contributed by atoms with E-state index in [1.54, 1.807) is 0 Å². The maximum Gasteiger partial charge on any atom is 0.103 e. The highest BCUT2D eigenvalue weighted by Crippen LogP contribution is 2.31. The van der Waals surface area contributed by atoms with Gasteiger partial charge in [0.2, 0.25) is 0 Å². The van der Waals surface area contributed by atoms with E-state index in [4.69, 9.17) is 4.74 Å². The lowest BCUT2D eigenvalue weighted by atomic mass is 10.4. The van der Waals surface area contributed by atoms with Crippen LogP contribution in [0.4, 0.5) is 0 Å². The maximum atomic E-state index is 5.07. The summed E-state index contributed by atoms with van der Waals surface area (Å²) in [7, 11) is 0. The quantitative estimate of drug-likeness (QED) is 0.310. The molecule has 0 radical (unpaired) electrons. The first kappa shape index (κ1) is 2.80. The lowest BCUT2D eigenvalue weighted by Crippen LogP contribution is -1.75. The molecule has 0 saturated carbocycles. The van der Waals surface area contributed by atoms with E-state index in [-0.39, 0.29) is 0 Å². The molecular formula is C5H6O. The molecule has 1 heteroatoms. The smallest absolute Gasteiger partial charge is 0.103 e. The summed E-state index contributed by atoms with van der Waals surface area (Å²) in [5.41, 5.74) is 0. The number of hydrogen-bond donors (Lipinski definition) is 0. The van der Waals surface area contributed by atoms with Gasteiger partial charge < -0.3 is 4.74 Å². The van der Waals surface area contributed by atoms with Crippen LogP contribution in [0.15, 0.2) is 12.2 Å². The van der Waals surface area contributed by atoms with E-state index in [1.807, 2.05) is 0 Å². The fraction of sp³-hybridized carbons (Fsp3) is 0.600. The Morgan fingerprint density at radius 1 is 1.67 bits per heavy atom. The molecule has 0 bridgehead atoms. The minimum Gasteiger partial charge on any atom is -0.365 e. The van der Waals surface area contributed by atoms with Gasteiger partial charge in [-0.1, -0.05) is 12.2 Å². The number of rotatable bonds is 0. The largest absolute Gasteiger partial charge is 0.365 e. The Hall–Kier alpha value is -0.300. The second kappa shape index (κ2) is 0.684. The predicted molar refractivity (Wildman–Crippen MR) is 22.4 cm³/mol. The van der Waals surface area contributed by atoms with Gasteiger partial charge in [-0.25, -0.2) is 0 Å². The molecule has 2 atom stereocenters. The first-order valence-electron chi connectivity index (χ1n) is 2.29. The molecule has 0 spiro atoms. The van der Waals surface area contributed by atoms with Crippen molar-refractivity contribution in [1.82, 2.24) is 0 Å². The van der Waals surface area contributed by atoms with Crippen molar-refractivity contribution in [2.45, 2.75) is 18.6 Å². The van der Waals surface area contributed by atoms with E-state index in [9.17, 15) is 0 Å². The minimum atomic E-state index is 0.532. The third-order valence-electron chi connectivity index (χ3n) is 1.32. The molecular weight excluding hydrogens is 76.1 g/mol. The lowest BCUT2D eigenvalue weighted by Gasteiger charge is -1.71. The monoisotopic (exact) mass is 82.0 g/mol. The van der Waals surface area contributed by atoms with Crippen LogP contribution in [0.3, 0.4) is 0 Å². The van der Waals surface area contributed by atoms with Crippen LogP contribution in [0.5, 0.6) is 0 Å². The van der Waals surface area contributed by atoms with Crippen LogP contribution in [0, 0.1) is 0 Å². The zero-order valence-corrected chi connectivity index (χ0v) is 3.42. The van der Waals surface area contributed by atoms with Gasteiger partial charge >= 0.3 is 0 Å². The second-order valence-electron chi connectivity index (χ2n) is 1.80. The fourth-order valence-corrected chi connectivity index (χ4v) is 0.862. The molecule has 2 rings (SSSR count). The van der Waals surface area contributed by atoms with E-state index in [2.05, 4.69) is 12.2 Å². The van der Waals surface area contributed by atoms with E-state index >= 15 is 0 Å². The van der Waals surface area contributed by atoms with Crippen LogP contribution < -0.4 is 0 Å². The Labute approximate surface area is 36.6 Å². The molecule has 32 valence electrons. The zero-order valence-electron chi connectivity index (χ0n) is 3.42. The molecule has 0 aromatic rings. The van der Waals surface area contributed by atoms with Crippen LogP contribution in [0.1, 0.15) is 6.42 Å². The Kier molecular flexibility index (Phi) is 0.320. The topological polar surface area (TPSA) is 12.5 Å². The first-order valence-corrected chi connectivity index (χ1v) is 2.29. The van der Waals surface area contributed by atoms with Crippen molar-refractivity contribution < 1.29 is 4.74 Å². The Balaban J connectivity index is 2.26. The van der Waals surface area contributed by atoms with Crippen molar-refractivity contribution in [3.8, 4) is 0 Å². The summed E-state index contributed by atoms with van der Waals surface area (Å²) in [6, 6.07) is 0. The summed E-state index contributed by atoms with van der Waals surface area (Å²) in [5.74, 6) is 0. The van der Waals surface area contributed by atoms with Gasteiger partial charge in [-0.3, -0.25) is 0 Å². The molecule has 1 aliphatic heterocycles. The Morgan fingerprint density at radius 2 is 2.67 bits per heavy atom. The molecule has 0 amide bonds. The first-order chi connectivity index (χ1) is 2.97. The van der Waals surface area contributed by atoms with E-state index < -0.39 is 0 Å². The van der Waals surface area contributed by atoms with Gasteiger partial charge in [-0.2, -0.15) is 0 Å². The summed E-state index contributed by atoms with van der Waals surface area (Å²) in [6.07, 6.45) is 6.60. The van der Waals surface area contributed by atoms with Crippen LogP contribution in [0.2, 0.25) is 0 Å². The molecule has 1 aliphatic carbocycles. The van der Waals surface area contributed by atoms with Crippen LogP contribution in [-0.2, 0) is 4.74 Å².